The molecule has 1 aliphatic heterocycles. The van der Waals surface area contributed by atoms with Gasteiger partial charge in [-0.3, -0.25) is 4.72 Å². The van der Waals surface area contributed by atoms with Gasteiger partial charge in [-0.05, 0) is 43.1 Å². The quantitative estimate of drug-likeness (QED) is 0.879. The predicted molar refractivity (Wildman–Crippen MR) is 87.8 cm³/mol. The van der Waals surface area contributed by atoms with Crippen molar-refractivity contribution in [3.8, 4) is 0 Å². The molecule has 0 radical (unpaired) electrons. The molecule has 3 rings (SSSR count). The third-order valence-electron chi connectivity index (χ3n) is 3.50. The molecule has 0 amide bonds. The van der Waals surface area contributed by atoms with E-state index in [4.69, 9.17) is 4.43 Å². The van der Waals surface area contributed by atoms with Crippen LogP contribution in [0.5, 0.6) is 0 Å². The van der Waals surface area contributed by atoms with E-state index < -0.39 is 18.3 Å². The Kier molecular flexibility index (Phi) is 3.35. The summed E-state index contributed by atoms with van der Waals surface area (Å²) >= 11 is 0. The van der Waals surface area contributed by atoms with Crippen molar-refractivity contribution < 1.29 is 12.8 Å². The van der Waals surface area contributed by atoms with Gasteiger partial charge in [0, 0.05) is 12.0 Å². The van der Waals surface area contributed by atoms with Crippen molar-refractivity contribution in [1.82, 2.24) is 0 Å². The molecule has 0 saturated carbocycles. The van der Waals surface area contributed by atoms with Crippen LogP contribution in [0.15, 0.2) is 35.2 Å². The highest BCUT2D eigenvalue weighted by Gasteiger charge is 2.30. The maximum absolute atomic E-state index is 12.4. The second-order valence-corrected chi connectivity index (χ2v) is 12.4. The van der Waals surface area contributed by atoms with Crippen molar-refractivity contribution >= 4 is 34.8 Å². The van der Waals surface area contributed by atoms with Crippen LogP contribution in [0.1, 0.15) is 5.56 Å². The van der Waals surface area contributed by atoms with E-state index in [1.807, 2.05) is 24.3 Å². The van der Waals surface area contributed by atoms with Crippen LogP contribution in [0.4, 0.5) is 5.69 Å². The summed E-state index contributed by atoms with van der Waals surface area (Å²) in [5.41, 5.74) is 1.51. The molecule has 112 valence electrons. The van der Waals surface area contributed by atoms with Crippen LogP contribution in [-0.2, 0) is 20.9 Å². The molecule has 4 nitrogen and oxygen atoms in total. The van der Waals surface area contributed by atoms with Crippen LogP contribution in [0.3, 0.4) is 0 Å². The van der Waals surface area contributed by atoms with Gasteiger partial charge in [0.25, 0.3) is 10.0 Å². The molecule has 6 heteroatoms. The molecule has 0 bridgehead atoms. The minimum atomic E-state index is -3.45. The fourth-order valence-corrected chi connectivity index (χ4v) is 4.93. The summed E-state index contributed by atoms with van der Waals surface area (Å²) in [6.45, 7) is 6.94. The van der Waals surface area contributed by atoms with E-state index in [2.05, 4.69) is 24.4 Å². The summed E-state index contributed by atoms with van der Waals surface area (Å²) in [5.74, 6) is 0. The Bertz CT molecular complexity index is 810. The first-order valence-corrected chi connectivity index (χ1v) is 11.9. The standard InChI is InChI=1S/C15H19NO3SSi/c1-21(2,3)19-10-9-12-8-7-11-5-4-6-13-14(11)15(12)20(17,18)16-13/h4-8,16H,9-10H2,1-3H3. The maximum Gasteiger partial charge on any atom is 0.262 e. The number of rotatable bonds is 4. The molecule has 0 aliphatic carbocycles. The third-order valence-corrected chi connectivity index (χ3v) is 6.06. The van der Waals surface area contributed by atoms with Gasteiger partial charge in [0.2, 0.25) is 0 Å². The second kappa shape index (κ2) is 4.83. The number of anilines is 1. The minimum absolute atomic E-state index is 0.426. The van der Waals surface area contributed by atoms with Crippen LogP contribution in [-0.4, -0.2) is 23.3 Å². The Labute approximate surface area is 126 Å². The van der Waals surface area contributed by atoms with Crippen LogP contribution < -0.4 is 4.72 Å². The normalized spacial score (nSPS) is 16.1. The minimum Gasteiger partial charge on any atom is -0.417 e. The Morgan fingerprint density at radius 1 is 1.14 bits per heavy atom. The van der Waals surface area contributed by atoms with Gasteiger partial charge in [-0.15, -0.1) is 0 Å². The zero-order chi connectivity index (χ0) is 15.3. The van der Waals surface area contributed by atoms with E-state index in [1.54, 1.807) is 6.07 Å². The average molecular weight is 321 g/mol. The smallest absolute Gasteiger partial charge is 0.262 e. The second-order valence-electron chi connectivity index (χ2n) is 6.27. The van der Waals surface area contributed by atoms with E-state index in [0.29, 0.717) is 23.6 Å². The van der Waals surface area contributed by atoms with Crippen molar-refractivity contribution in [1.29, 1.82) is 0 Å². The van der Waals surface area contributed by atoms with Crippen LogP contribution in [0.25, 0.3) is 10.8 Å². The SMILES string of the molecule is C[Si](C)(C)OCCc1ccc2cccc3c2c1S(=O)(=O)N3. The Morgan fingerprint density at radius 2 is 1.90 bits per heavy atom. The molecule has 1 N–H and O–H groups in total. The summed E-state index contributed by atoms with van der Waals surface area (Å²) in [7, 11) is -5.03. The lowest BCUT2D eigenvalue weighted by molar-refractivity contribution is 0.315. The highest BCUT2D eigenvalue weighted by molar-refractivity contribution is 7.93. The molecule has 0 fully saturated rings. The summed E-state index contributed by atoms with van der Waals surface area (Å²) in [6, 6.07) is 9.49. The highest BCUT2D eigenvalue weighted by Crippen LogP contribution is 2.39. The first-order chi connectivity index (χ1) is 9.78. The number of nitrogens with one attached hydrogen (secondary N) is 1. The number of sulfonamides is 1. The fraction of sp³-hybridized carbons (Fsp3) is 0.333. The molecule has 0 atom stereocenters. The lowest BCUT2D eigenvalue weighted by Crippen LogP contribution is -2.26. The van der Waals surface area contributed by atoms with Gasteiger partial charge in [-0.2, -0.15) is 0 Å². The van der Waals surface area contributed by atoms with Gasteiger partial charge in [0.05, 0.1) is 5.69 Å². The average Bonchev–Trinajstić information content (AvgIpc) is 2.64. The summed E-state index contributed by atoms with van der Waals surface area (Å²) in [5, 5.41) is 1.76. The highest BCUT2D eigenvalue weighted by atomic mass is 32.2. The third kappa shape index (κ3) is 2.71. The largest absolute Gasteiger partial charge is 0.417 e. The first-order valence-electron chi connectivity index (χ1n) is 6.99. The Morgan fingerprint density at radius 3 is 2.62 bits per heavy atom. The van der Waals surface area contributed by atoms with Gasteiger partial charge in [-0.25, -0.2) is 8.42 Å². The molecule has 0 aromatic heterocycles. The van der Waals surface area contributed by atoms with E-state index in [0.717, 1.165) is 16.3 Å². The molecular formula is C15H19NO3SSi. The number of hydrogen-bond acceptors (Lipinski definition) is 3. The van der Waals surface area contributed by atoms with Crippen LogP contribution in [0.2, 0.25) is 19.6 Å². The molecular weight excluding hydrogens is 302 g/mol. The molecule has 0 spiro atoms. The van der Waals surface area contributed by atoms with Gasteiger partial charge in [0.1, 0.15) is 4.90 Å². The maximum atomic E-state index is 12.4. The molecule has 2 aromatic carbocycles. The Hall–Kier alpha value is -1.37. The number of hydrogen-bond donors (Lipinski definition) is 1. The lowest BCUT2D eigenvalue weighted by Gasteiger charge is -2.17. The van der Waals surface area contributed by atoms with Crippen molar-refractivity contribution in [2.24, 2.45) is 0 Å². The van der Waals surface area contributed by atoms with Gasteiger partial charge in [-0.1, -0.05) is 24.3 Å². The van der Waals surface area contributed by atoms with Gasteiger partial charge < -0.3 is 4.43 Å². The Balaban J connectivity index is 2.03. The van der Waals surface area contributed by atoms with Crippen molar-refractivity contribution in [2.45, 2.75) is 31.0 Å². The van der Waals surface area contributed by atoms with Crippen LogP contribution >= 0.6 is 0 Å². The van der Waals surface area contributed by atoms with E-state index in [9.17, 15) is 8.42 Å². The van der Waals surface area contributed by atoms with E-state index in [-0.39, 0.29) is 0 Å². The predicted octanol–water partition coefficient (Wildman–Crippen LogP) is 3.35. The molecule has 1 heterocycles. The number of benzene rings is 2. The molecule has 1 aliphatic rings. The summed E-state index contributed by atoms with van der Waals surface area (Å²) in [6.07, 6.45) is 0.616. The first kappa shape index (κ1) is 14.6. The molecule has 0 saturated heterocycles. The van der Waals surface area contributed by atoms with Crippen molar-refractivity contribution in [3.63, 3.8) is 0 Å². The zero-order valence-electron chi connectivity index (χ0n) is 12.4. The summed E-state index contributed by atoms with van der Waals surface area (Å²) in [4.78, 5) is 0.426. The molecule has 2 aromatic rings. The van der Waals surface area contributed by atoms with E-state index in [1.165, 1.54) is 0 Å². The van der Waals surface area contributed by atoms with E-state index >= 15 is 0 Å². The van der Waals surface area contributed by atoms with Crippen LogP contribution in [0, 0.1) is 0 Å². The molecule has 21 heavy (non-hydrogen) atoms. The zero-order valence-corrected chi connectivity index (χ0v) is 14.3. The van der Waals surface area contributed by atoms with Crippen molar-refractivity contribution in [2.75, 3.05) is 11.3 Å². The van der Waals surface area contributed by atoms with Gasteiger partial charge in [0.15, 0.2) is 8.32 Å². The topological polar surface area (TPSA) is 55.4 Å². The summed E-state index contributed by atoms with van der Waals surface area (Å²) < 4.78 is 33.2. The van der Waals surface area contributed by atoms with Crippen molar-refractivity contribution in [3.05, 3.63) is 35.9 Å². The lowest BCUT2D eigenvalue weighted by atomic mass is 10.0. The fourth-order valence-electron chi connectivity index (χ4n) is 2.64. The molecule has 0 unspecified atom stereocenters. The monoisotopic (exact) mass is 321 g/mol. The van der Waals surface area contributed by atoms with Gasteiger partial charge >= 0.3 is 0 Å².